The third kappa shape index (κ3) is 10.9. The summed E-state index contributed by atoms with van der Waals surface area (Å²) in [5.74, 6) is 2.22. The van der Waals surface area contributed by atoms with E-state index in [-0.39, 0.29) is 24.7 Å². The molecule has 2 aliphatic carbocycles. The Bertz CT molecular complexity index is 1320. The third-order valence-corrected chi connectivity index (χ3v) is 11.2. The van der Waals surface area contributed by atoms with Crippen molar-refractivity contribution in [3.63, 3.8) is 0 Å². The topological polar surface area (TPSA) is 72.8 Å². The van der Waals surface area contributed by atoms with Crippen LogP contribution in [0.5, 0.6) is 0 Å². The molecule has 2 saturated carbocycles. The summed E-state index contributed by atoms with van der Waals surface area (Å²) in [4.78, 5) is 24.3. The minimum Gasteiger partial charge on any atom is -0.462 e. The maximum absolute atomic E-state index is 12.2. The van der Waals surface area contributed by atoms with Crippen molar-refractivity contribution >= 4 is 11.9 Å². The van der Waals surface area contributed by atoms with Gasteiger partial charge in [-0.15, -0.1) is 0 Å². The molecule has 5 heteroatoms. The number of aryl methyl sites for hydroxylation is 1. The van der Waals surface area contributed by atoms with Crippen molar-refractivity contribution in [3.8, 4) is 11.1 Å². The molecule has 0 amide bonds. The van der Waals surface area contributed by atoms with Crippen LogP contribution in [0.2, 0.25) is 0 Å². The van der Waals surface area contributed by atoms with Crippen molar-refractivity contribution < 1.29 is 24.2 Å². The van der Waals surface area contributed by atoms with E-state index in [1.54, 1.807) is 6.92 Å². The van der Waals surface area contributed by atoms with Gasteiger partial charge in [-0.3, -0.25) is 0 Å². The summed E-state index contributed by atoms with van der Waals surface area (Å²) >= 11 is 0. The average molecular weight is 657 g/mol. The summed E-state index contributed by atoms with van der Waals surface area (Å²) in [6.07, 6.45) is 15.8. The number of rotatable bonds is 17. The molecule has 4 rings (SSSR count). The number of aliphatic hydroxyl groups excluding tert-OH is 1. The zero-order chi connectivity index (χ0) is 34.5. The van der Waals surface area contributed by atoms with Gasteiger partial charge in [-0.25, -0.2) is 9.59 Å². The smallest absolute Gasteiger partial charge is 0.335 e. The average Bonchev–Trinajstić information content (AvgIpc) is 3.12. The highest BCUT2D eigenvalue weighted by Gasteiger charge is 2.36. The highest BCUT2D eigenvalue weighted by atomic mass is 16.5. The molecule has 4 unspecified atom stereocenters. The second kappa shape index (κ2) is 19.1. The lowest BCUT2D eigenvalue weighted by molar-refractivity contribution is -0.145. The van der Waals surface area contributed by atoms with Gasteiger partial charge >= 0.3 is 11.9 Å². The summed E-state index contributed by atoms with van der Waals surface area (Å²) in [7, 11) is 0. The highest BCUT2D eigenvalue weighted by molar-refractivity contribution is 5.88. The number of carbonyl (C=O) groups is 2. The summed E-state index contributed by atoms with van der Waals surface area (Å²) in [5, 5.41) is 9.24. The van der Waals surface area contributed by atoms with Crippen molar-refractivity contribution in [2.24, 2.45) is 29.6 Å². The van der Waals surface area contributed by atoms with Gasteiger partial charge in [-0.2, -0.15) is 0 Å². The summed E-state index contributed by atoms with van der Waals surface area (Å²) in [5.41, 5.74) is 5.93. The molecule has 2 fully saturated rings. The van der Waals surface area contributed by atoms with Crippen LogP contribution in [0.1, 0.15) is 115 Å². The fraction of sp³-hybridized carbons (Fsp3) is 0.581. The van der Waals surface area contributed by atoms with E-state index in [2.05, 4.69) is 75.5 Å². The lowest BCUT2D eigenvalue weighted by Crippen LogP contribution is -2.33. The Kier molecular flexibility index (Phi) is 15.0. The van der Waals surface area contributed by atoms with Gasteiger partial charge in [0.05, 0.1) is 25.4 Å². The van der Waals surface area contributed by atoms with Crippen LogP contribution in [0.3, 0.4) is 0 Å². The van der Waals surface area contributed by atoms with Crippen LogP contribution in [0.25, 0.3) is 11.1 Å². The number of benzene rings is 2. The van der Waals surface area contributed by atoms with Crippen LogP contribution in [-0.2, 0) is 25.5 Å². The van der Waals surface area contributed by atoms with E-state index in [0.717, 1.165) is 31.1 Å². The van der Waals surface area contributed by atoms with Crippen molar-refractivity contribution in [1.29, 1.82) is 0 Å². The Morgan fingerprint density at radius 3 is 1.98 bits per heavy atom. The Labute approximate surface area is 290 Å². The molecule has 1 N–H and O–H groups in total. The molecule has 0 heterocycles. The lowest BCUT2D eigenvalue weighted by atomic mass is 9.63. The number of hydrogen-bond acceptors (Lipinski definition) is 5. The molecular weight excluding hydrogens is 596 g/mol. The fourth-order valence-corrected chi connectivity index (χ4v) is 8.21. The SMILES string of the molecule is C=C(C)C(=O)OCC(COC(=O)C(=C)CO)CC1CCC(C2CCC(c3ccc(-c4ccc(CCCCC)cc4)cc3)CC2)CC1CC. The zero-order valence-electron chi connectivity index (χ0n) is 29.9. The number of carbonyl (C=O) groups excluding carboxylic acids is 2. The Morgan fingerprint density at radius 2 is 1.40 bits per heavy atom. The summed E-state index contributed by atoms with van der Waals surface area (Å²) < 4.78 is 11.0. The number of aliphatic hydroxyl groups is 1. The number of esters is 2. The molecule has 0 radical (unpaired) electrons. The van der Waals surface area contributed by atoms with E-state index in [0.29, 0.717) is 23.3 Å². The van der Waals surface area contributed by atoms with Gasteiger partial charge in [0.15, 0.2) is 0 Å². The lowest BCUT2D eigenvalue weighted by Gasteiger charge is -2.42. The van der Waals surface area contributed by atoms with E-state index < -0.39 is 18.5 Å². The van der Waals surface area contributed by atoms with Crippen LogP contribution in [0.15, 0.2) is 72.8 Å². The predicted octanol–water partition coefficient (Wildman–Crippen LogP) is 10.0. The van der Waals surface area contributed by atoms with E-state index in [4.69, 9.17) is 9.47 Å². The quantitative estimate of drug-likeness (QED) is 0.104. The minimum absolute atomic E-state index is 0.0324. The first-order valence-corrected chi connectivity index (χ1v) is 18.7. The molecule has 262 valence electrons. The second-order valence-corrected chi connectivity index (χ2v) is 14.7. The maximum atomic E-state index is 12.2. The molecule has 2 aromatic carbocycles. The standard InChI is InChI=1S/C43H60O5/c1-6-8-9-10-32-11-13-35(14-12-32)36-15-17-37(18-16-36)38-19-21-39(22-20-38)41-24-23-40(34(7-2)26-41)25-33(28-47-42(45)30(3)4)29-48-43(46)31(5)27-44/h11-18,33-34,38-41,44H,3,5-10,19-29H2,1-2,4H3. The number of unbranched alkanes of at least 4 members (excludes halogenated alkanes) is 2. The van der Waals surface area contributed by atoms with Crippen LogP contribution < -0.4 is 0 Å². The molecule has 0 aliphatic heterocycles. The van der Waals surface area contributed by atoms with Gasteiger partial charge in [0.2, 0.25) is 0 Å². The van der Waals surface area contributed by atoms with Crippen molar-refractivity contribution in [1.82, 2.24) is 0 Å². The first kappa shape index (κ1) is 37.6. The van der Waals surface area contributed by atoms with E-state index in [1.807, 2.05) is 0 Å². The fourth-order valence-electron chi connectivity index (χ4n) is 8.21. The van der Waals surface area contributed by atoms with E-state index in [9.17, 15) is 14.7 Å². The molecule has 0 spiro atoms. The van der Waals surface area contributed by atoms with Crippen LogP contribution >= 0.6 is 0 Å². The van der Waals surface area contributed by atoms with Gasteiger partial charge in [-0.1, -0.05) is 94.8 Å². The number of hydrogen-bond donors (Lipinski definition) is 1. The molecule has 2 aliphatic rings. The van der Waals surface area contributed by atoms with Gasteiger partial charge in [-0.05, 0) is 123 Å². The molecule has 48 heavy (non-hydrogen) atoms. The first-order chi connectivity index (χ1) is 23.2. The van der Waals surface area contributed by atoms with Gasteiger partial charge < -0.3 is 14.6 Å². The monoisotopic (exact) mass is 656 g/mol. The molecule has 0 aromatic heterocycles. The summed E-state index contributed by atoms with van der Waals surface area (Å²) in [6, 6.07) is 18.5. The minimum atomic E-state index is -0.598. The van der Waals surface area contributed by atoms with Crippen LogP contribution in [0.4, 0.5) is 0 Å². The van der Waals surface area contributed by atoms with Crippen LogP contribution in [0, 0.1) is 29.6 Å². The maximum Gasteiger partial charge on any atom is 0.335 e. The second-order valence-electron chi connectivity index (χ2n) is 14.7. The molecule has 5 nitrogen and oxygen atoms in total. The Morgan fingerprint density at radius 1 is 0.792 bits per heavy atom. The van der Waals surface area contributed by atoms with Crippen molar-refractivity contribution in [2.45, 2.75) is 110 Å². The highest BCUT2D eigenvalue weighted by Crippen LogP contribution is 2.47. The summed E-state index contributed by atoms with van der Waals surface area (Å²) in [6.45, 7) is 13.3. The zero-order valence-corrected chi connectivity index (χ0v) is 29.9. The van der Waals surface area contributed by atoms with Crippen molar-refractivity contribution in [2.75, 3.05) is 19.8 Å². The third-order valence-electron chi connectivity index (χ3n) is 11.2. The Balaban J connectivity index is 1.27. The van der Waals surface area contributed by atoms with Crippen molar-refractivity contribution in [3.05, 3.63) is 84.0 Å². The number of ether oxygens (including phenoxy) is 2. The molecule has 0 bridgehead atoms. The van der Waals surface area contributed by atoms with Gasteiger partial charge in [0, 0.05) is 11.5 Å². The van der Waals surface area contributed by atoms with Crippen LogP contribution in [-0.4, -0.2) is 36.9 Å². The van der Waals surface area contributed by atoms with E-state index in [1.165, 1.54) is 86.5 Å². The largest absolute Gasteiger partial charge is 0.462 e. The van der Waals surface area contributed by atoms with E-state index >= 15 is 0 Å². The Hall–Kier alpha value is -3.18. The normalized spacial score (nSPS) is 23.2. The molecule has 2 aromatic rings. The van der Waals surface area contributed by atoms with Gasteiger partial charge in [0.1, 0.15) is 0 Å². The molecule has 4 atom stereocenters. The first-order valence-electron chi connectivity index (χ1n) is 18.7. The predicted molar refractivity (Wildman–Crippen MR) is 195 cm³/mol. The molecular formula is C43H60O5. The molecule has 0 saturated heterocycles. The van der Waals surface area contributed by atoms with Gasteiger partial charge in [0.25, 0.3) is 0 Å².